The maximum atomic E-state index is 5.76. The molecule has 2 heteroatoms. The summed E-state index contributed by atoms with van der Waals surface area (Å²) in [6, 6.07) is 15.1. The molecule has 0 amide bonds. The van der Waals surface area contributed by atoms with E-state index in [9.17, 15) is 0 Å². The van der Waals surface area contributed by atoms with Gasteiger partial charge < -0.3 is 0 Å². The molecule has 0 aliphatic heterocycles. The van der Waals surface area contributed by atoms with Crippen LogP contribution in [0.25, 0.3) is 10.8 Å². The Morgan fingerprint density at radius 2 is 1.68 bits per heavy atom. The molecule has 2 aromatic carbocycles. The summed E-state index contributed by atoms with van der Waals surface area (Å²) in [5.41, 5.74) is 1.28. The first-order valence-electron chi connectivity index (χ1n) is 6.89. The molecule has 0 saturated heterocycles. The van der Waals surface area contributed by atoms with Crippen molar-refractivity contribution in [2.75, 3.05) is 6.61 Å². The van der Waals surface area contributed by atoms with Crippen LogP contribution < -0.4 is 0 Å². The largest absolute Gasteiger partial charge is 0.298 e. The summed E-state index contributed by atoms with van der Waals surface area (Å²) in [6.45, 7) is 10.0. The van der Waals surface area contributed by atoms with Crippen LogP contribution in [0.1, 0.15) is 33.3 Å². The predicted octanol–water partition coefficient (Wildman–Crippen LogP) is 4.39. The van der Waals surface area contributed by atoms with Gasteiger partial charge in [0.05, 0.1) is 6.61 Å². The number of benzene rings is 2. The van der Waals surface area contributed by atoms with Gasteiger partial charge in [-0.15, -0.1) is 0 Å². The van der Waals surface area contributed by atoms with Crippen molar-refractivity contribution in [3.63, 3.8) is 0 Å². The SMILES string of the molecule is CCON(Cc1ccc2ccccc2c1)C(C)(C)C. The molecule has 0 heterocycles. The fraction of sp³-hybridized carbons (Fsp3) is 0.412. The van der Waals surface area contributed by atoms with E-state index < -0.39 is 0 Å². The molecule has 0 atom stereocenters. The maximum Gasteiger partial charge on any atom is 0.0657 e. The van der Waals surface area contributed by atoms with E-state index in [1.54, 1.807) is 0 Å². The summed E-state index contributed by atoms with van der Waals surface area (Å²) in [5.74, 6) is 0. The number of fused-ring (bicyclic) bond motifs is 1. The van der Waals surface area contributed by atoms with Crippen molar-refractivity contribution in [3.8, 4) is 0 Å². The lowest BCUT2D eigenvalue weighted by Crippen LogP contribution is -2.40. The van der Waals surface area contributed by atoms with Crippen LogP contribution in [-0.4, -0.2) is 17.2 Å². The zero-order chi connectivity index (χ0) is 13.9. The van der Waals surface area contributed by atoms with Crippen LogP contribution in [0, 0.1) is 0 Å². The molecule has 0 fully saturated rings. The highest BCUT2D eigenvalue weighted by Crippen LogP contribution is 2.21. The monoisotopic (exact) mass is 257 g/mol. The lowest BCUT2D eigenvalue weighted by Gasteiger charge is -2.34. The lowest BCUT2D eigenvalue weighted by molar-refractivity contribution is -0.213. The Hall–Kier alpha value is -1.38. The van der Waals surface area contributed by atoms with Gasteiger partial charge in [-0.05, 0) is 50.1 Å². The molecule has 2 rings (SSSR count). The van der Waals surface area contributed by atoms with Gasteiger partial charge >= 0.3 is 0 Å². The fourth-order valence-electron chi connectivity index (χ4n) is 2.14. The molecule has 102 valence electrons. The van der Waals surface area contributed by atoms with Crippen molar-refractivity contribution in [1.82, 2.24) is 5.06 Å². The van der Waals surface area contributed by atoms with Crippen molar-refractivity contribution < 1.29 is 4.84 Å². The molecule has 19 heavy (non-hydrogen) atoms. The maximum absolute atomic E-state index is 5.76. The van der Waals surface area contributed by atoms with E-state index in [-0.39, 0.29) is 5.54 Å². The topological polar surface area (TPSA) is 12.5 Å². The third-order valence-electron chi connectivity index (χ3n) is 3.17. The average Bonchev–Trinajstić information content (AvgIpc) is 2.37. The molecule has 2 aromatic rings. The van der Waals surface area contributed by atoms with Gasteiger partial charge in [0.25, 0.3) is 0 Å². The standard InChI is InChI=1S/C17H23NO/c1-5-19-18(17(2,3)4)13-14-10-11-15-8-6-7-9-16(15)12-14/h6-12H,5,13H2,1-4H3. The highest BCUT2D eigenvalue weighted by molar-refractivity contribution is 5.82. The van der Waals surface area contributed by atoms with E-state index in [2.05, 4.69) is 68.3 Å². The Morgan fingerprint density at radius 3 is 2.32 bits per heavy atom. The van der Waals surface area contributed by atoms with Gasteiger partial charge in [-0.3, -0.25) is 4.84 Å². The van der Waals surface area contributed by atoms with Crippen LogP contribution in [0.5, 0.6) is 0 Å². The normalized spacial score (nSPS) is 12.3. The molecule has 0 spiro atoms. The van der Waals surface area contributed by atoms with Crippen LogP contribution in [0.2, 0.25) is 0 Å². The highest BCUT2D eigenvalue weighted by Gasteiger charge is 2.22. The number of hydrogen-bond donors (Lipinski definition) is 0. The molecular weight excluding hydrogens is 234 g/mol. The number of hydrogen-bond acceptors (Lipinski definition) is 2. The molecule has 0 saturated carbocycles. The predicted molar refractivity (Wildman–Crippen MR) is 80.9 cm³/mol. The Labute approximate surface area is 115 Å². The van der Waals surface area contributed by atoms with Gasteiger partial charge in [-0.1, -0.05) is 36.4 Å². The summed E-state index contributed by atoms with van der Waals surface area (Å²) in [6.07, 6.45) is 0. The van der Waals surface area contributed by atoms with Crippen LogP contribution >= 0.6 is 0 Å². The zero-order valence-electron chi connectivity index (χ0n) is 12.3. The van der Waals surface area contributed by atoms with Crippen molar-refractivity contribution in [1.29, 1.82) is 0 Å². The minimum absolute atomic E-state index is 0.00164. The smallest absolute Gasteiger partial charge is 0.0657 e. The summed E-state index contributed by atoms with van der Waals surface area (Å²) in [7, 11) is 0. The van der Waals surface area contributed by atoms with Crippen LogP contribution in [0.3, 0.4) is 0 Å². The zero-order valence-corrected chi connectivity index (χ0v) is 12.3. The van der Waals surface area contributed by atoms with Crippen LogP contribution in [0.4, 0.5) is 0 Å². The first-order valence-corrected chi connectivity index (χ1v) is 6.89. The number of nitrogens with zero attached hydrogens (tertiary/aromatic N) is 1. The van der Waals surface area contributed by atoms with Crippen molar-refractivity contribution in [2.45, 2.75) is 39.8 Å². The third-order valence-corrected chi connectivity index (χ3v) is 3.17. The summed E-state index contributed by atoms with van der Waals surface area (Å²) >= 11 is 0. The Bertz CT molecular complexity index is 542. The van der Waals surface area contributed by atoms with E-state index in [0.29, 0.717) is 6.61 Å². The second kappa shape index (κ2) is 5.72. The van der Waals surface area contributed by atoms with Gasteiger partial charge in [0.15, 0.2) is 0 Å². The Morgan fingerprint density at radius 1 is 1.00 bits per heavy atom. The molecule has 0 radical (unpaired) electrons. The van der Waals surface area contributed by atoms with Crippen LogP contribution in [0.15, 0.2) is 42.5 Å². The van der Waals surface area contributed by atoms with Gasteiger partial charge in [0.2, 0.25) is 0 Å². The molecule has 0 unspecified atom stereocenters. The number of hydroxylamine groups is 2. The molecule has 0 N–H and O–H groups in total. The number of rotatable bonds is 4. The van der Waals surface area contributed by atoms with Gasteiger partial charge in [0, 0.05) is 12.1 Å². The first kappa shape index (κ1) is 14.0. The first-order chi connectivity index (χ1) is 9.00. The van der Waals surface area contributed by atoms with Crippen molar-refractivity contribution >= 4 is 10.8 Å². The Balaban J connectivity index is 2.23. The van der Waals surface area contributed by atoms with E-state index in [1.807, 2.05) is 6.92 Å². The molecule has 0 aliphatic rings. The van der Waals surface area contributed by atoms with Gasteiger partial charge in [-0.25, -0.2) is 0 Å². The highest BCUT2D eigenvalue weighted by atomic mass is 16.7. The molecule has 0 aromatic heterocycles. The summed E-state index contributed by atoms with van der Waals surface area (Å²) < 4.78 is 0. The van der Waals surface area contributed by atoms with E-state index in [4.69, 9.17) is 4.84 Å². The quantitative estimate of drug-likeness (QED) is 0.753. The molecular formula is C17H23NO. The minimum Gasteiger partial charge on any atom is -0.298 e. The average molecular weight is 257 g/mol. The molecule has 0 bridgehead atoms. The summed E-state index contributed by atoms with van der Waals surface area (Å²) in [4.78, 5) is 5.76. The molecule has 2 nitrogen and oxygen atoms in total. The van der Waals surface area contributed by atoms with E-state index >= 15 is 0 Å². The van der Waals surface area contributed by atoms with Crippen molar-refractivity contribution in [3.05, 3.63) is 48.0 Å². The second-order valence-electron chi connectivity index (χ2n) is 5.81. The van der Waals surface area contributed by atoms with Gasteiger partial charge in [0.1, 0.15) is 0 Å². The summed E-state index contributed by atoms with van der Waals surface area (Å²) in [5, 5.41) is 4.62. The van der Waals surface area contributed by atoms with Gasteiger partial charge in [-0.2, -0.15) is 5.06 Å². The minimum atomic E-state index is 0.00164. The Kier molecular flexibility index (Phi) is 4.23. The van der Waals surface area contributed by atoms with Crippen molar-refractivity contribution in [2.24, 2.45) is 0 Å². The van der Waals surface area contributed by atoms with Crippen LogP contribution in [-0.2, 0) is 11.4 Å². The lowest BCUT2D eigenvalue weighted by atomic mass is 10.0. The second-order valence-corrected chi connectivity index (χ2v) is 5.81. The molecule has 0 aliphatic carbocycles. The fourth-order valence-corrected chi connectivity index (χ4v) is 2.14. The van der Waals surface area contributed by atoms with E-state index in [1.165, 1.54) is 16.3 Å². The third kappa shape index (κ3) is 3.55. The van der Waals surface area contributed by atoms with E-state index in [0.717, 1.165) is 6.54 Å².